The number of aliphatic hydroxyl groups excluding tert-OH is 2. The van der Waals surface area contributed by atoms with Crippen molar-refractivity contribution in [3.63, 3.8) is 0 Å². The topological polar surface area (TPSA) is 103 Å². The van der Waals surface area contributed by atoms with E-state index in [0.29, 0.717) is 5.56 Å². The molecule has 1 aromatic rings. The van der Waals surface area contributed by atoms with Crippen molar-refractivity contribution < 1.29 is 19.7 Å². The predicted octanol–water partition coefficient (Wildman–Crippen LogP) is -0.171. The average Bonchev–Trinajstić information content (AvgIpc) is 2.35. The van der Waals surface area contributed by atoms with Crippen LogP contribution in [0.25, 0.3) is 0 Å². The first kappa shape index (κ1) is 13.1. The molecule has 2 N–H and O–H groups in total. The van der Waals surface area contributed by atoms with Crippen LogP contribution in [0.15, 0.2) is 12.3 Å². The summed E-state index contributed by atoms with van der Waals surface area (Å²) in [5.74, 6) is -0.931. The normalized spacial score (nSPS) is 13.6. The number of aryl methyl sites for hydroxylation is 1. The summed E-state index contributed by atoms with van der Waals surface area (Å²) in [4.78, 5) is 14.8. The van der Waals surface area contributed by atoms with Crippen LogP contribution < -0.4 is 0 Å². The fourth-order valence-corrected chi connectivity index (χ4v) is 1.31. The summed E-state index contributed by atoms with van der Waals surface area (Å²) in [5, 5.41) is 27.8. The second-order valence-electron chi connectivity index (χ2n) is 3.46. The molecule has 90 valence electrons. The molecular formula is C11H12N2O4. The van der Waals surface area contributed by atoms with Crippen LogP contribution in [0, 0.1) is 18.3 Å². The Hall–Kier alpha value is -1.97. The number of carbonyl (C=O) groups excluding carboxylic acids is 1. The van der Waals surface area contributed by atoms with Crippen LogP contribution in [-0.4, -0.2) is 34.4 Å². The maximum absolute atomic E-state index is 11.0. The molecule has 2 atom stereocenters. The SMILES string of the molecule is COC(=O)C(O)C(O)c1cnc(C#N)c(C)c1. The zero-order valence-corrected chi connectivity index (χ0v) is 9.41. The summed E-state index contributed by atoms with van der Waals surface area (Å²) in [7, 11) is 1.11. The Morgan fingerprint density at radius 2 is 2.24 bits per heavy atom. The van der Waals surface area contributed by atoms with Gasteiger partial charge in [0.1, 0.15) is 17.9 Å². The number of aromatic nitrogens is 1. The lowest BCUT2D eigenvalue weighted by Gasteiger charge is -2.16. The van der Waals surface area contributed by atoms with Crippen molar-refractivity contribution in [2.24, 2.45) is 0 Å². The molecule has 0 aliphatic heterocycles. The van der Waals surface area contributed by atoms with Crippen LogP contribution >= 0.6 is 0 Å². The fourth-order valence-electron chi connectivity index (χ4n) is 1.31. The minimum atomic E-state index is -1.67. The maximum Gasteiger partial charge on any atom is 0.337 e. The Kier molecular flexibility index (Phi) is 4.15. The number of methoxy groups -OCH3 is 1. The van der Waals surface area contributed by atoms with Gasteiger partial charge in [-0.3, -0.25) is 0 Å². The third-order valence-corrected chi connectivity index (χ3v) is 2.29. The first-order chi connectivity index (χ1) is 8.01. The lowest BCUT2D eigenvalue weighted by atomic mass is 10.0. The number of pyridine rings is 1. The lowest BCUT2D eigenvalue weighted by Crippen LogP contribution is -2.29. The van der Waals surface area contributed by atoms with Crippen LogP contribution in [0.2, 0.25) is 0 Å². The average molecular weight is 236 g/mol. The summed E-state index contributed by atoms with van der Waals surface area (Å²) in [6.45, 7) is 1.65. The van der Waals surface area contributed by atoms with Crippen molar-refractivity contribution in [1.82, 2.24) is 4.98 Å². The number of carbonyl (C=O) groups is 1. The number of hydrogen-bond donors (Lipinski definition) is 2. The highest BCUT2D eigenvalue weighted by Crippen LogP contribution is 2.19. The summed E-state index contributed by atoms with van der Waals surface area (Å²) >= 11 is 0. The van der Waals surface area contributed by atoms with E-state index in [-0.39, 0.29) is 11.3 Å². The van der Waals surface area contributed by atoms with Gasteiger partial charge in [-0.05, 0) is 18.6 Å². The molecule has 0 bridgehead atoms. The Balaban J connectivity index is 2.98. The van der Waals surface area contributed by atoms with E-state index in [4.69, 9.17) is 5.26 Å². The minimum Gasteiger partial charge on any atom is -0.467 e. The molecule has 2 unspecified atom stereocenters. The van der Waals surface area contributed by atoms with Crippen molar-refractivity contribution in [3.8, 4) is 6.07 Å². The van der Waals surface area contributed by atoms with Gasteiger partial charge in [-0.2, -0.15) is 5.26 Å². The van der Waals surface area contributed by atoms with E-state index in [2.05, 4.69) is 9.72 Å². The first-order valence-corrected chi connectivity index (χ1v) is 4.82. The van der Waals surface area contributed by atoms with Crippen LogP contribution in [0.4, 0.5) is 0 Å². The van der Waals surface area contributed by atoms with Crippen LogP contribution in [0.5, 0.6) is 0 Å². The molecule has 1 rings (SSSR count). The van der Waals surface area contributed by atoms with Gasteiger partial charge in [-0.25, -0.2) is 9.78 Å². The first-order valence-electron chi connectivity index (χ1n) is 4.82. The Labute approximate surface area is 98.1 Å². The molecule has 0 aliphatic carbocycles. The molecule has 6 nitrogen and oxygen atoms in total. The molecule has 17 heavy (non-hydrogen) atoms. The van der Waals surface area contributed by atoms with Gasteiger partial charge >= 0.3 is 5.97 Å². The third-order valence-electron chi connectivity index (χ3n) is 2.29. The van der Waals surface area contributed by atoms with Crippen LogP contribution in [0.1, 0.15) is 22.9 Å². The molecular weight excluding hydrogens is 224 g/mol. The molecule has 0 aliphatic rings. The number of rotatable bonds is 3. The molecule has 0 saturated carbocycles. The maximum atomic E-state index is 11.0. The van der Waals surface area contributed by atoms with E-state index < -0.39 is 18.2 Å². The molecule has 1 heterocycles. The van der Waals surface area contributed by atoms with Crippen molar-refractivity contribution in [2.45, 2.75) is 19.1 Å². The number of aliphatic hydroxyl groups is 2. The Morgan fingerprint density at radius 3 is 2.71 bits per heavy atom. The van der Waals surface area contributed by atoms with Crippen molar-refractivity contribution >= 4 is 5.97 Å². The van der Waals surface area contributed by atoms with Gasteiger partial charge in [-0.1, -0.05) is 0 Å². The highest BCUT2D eigenvalue weighted by molar-refractivity contribution is 5.75. The zero-order valence-electron chi connectivity index (χ0n) is 9.41. The van der Waals surface area contributed by atoms with E-state index in [1.165, 1.54) is 12.3 Å². The third kappa shape index (κ3) is 2.78. The van der Waals surface area contributed by atoms with Gasteiger partial charge in [0.05, 0.1) is 7.11 Å². The number of nitriles is 1. The van der Waals surface area contributed by atoms with Gasteiger partial charge in [0.2, 0.25) is 0 Å². The standard InChI is InChI=1S/C11H12N2O4/c1-6-3-7(5-13-8(6)4-12)9(14)10(15)11(16)17-2/h3,5,9-10,14-15H,1-2H3. The molecule has 0 spiro atoms. The van der Waals surface area contributed by atoms with E-state index in [9.17, 15) is 15.0 Å². The second-order valence-corrected chi connectivity index (χ2v) is 3.46. The van der Waals surface area contributed by atoms with Crippen LogP contribution in [-0.2, 0) is 9.53 Å². The van der Waals surface area contributed by atoms with Gasteiger partial charge in [0.15, 0.2) is 6.10 Å². The van der Waals surface area contributed by atoms with Crippen molar-refractivity contribution in [1.29, 1.82) is 5.26 Å². The monoisotopic (exact) mass is 236 g/mol. The fraction of sp³-hybridized carbons (Fsp3) is 0.364. The predicted molar refractivity (Wildman–Crippen MR) is 56.7 cm³/mol. The van der Waals surface area contributed by atoms with Gasteiger partial charge in [0, 0.05) is 11.8 Å². The zero-order chi connectivity index (χ0) is 13.0. The molecule has 1 aromatic heterocycles. The summed E-state index contributed by atoms with van der Waals surface area (Å²) in [6.07, 6.45) is -1.86. The highest BCUT2D eigenvalue weighted by atomic mass is 16.5. The molecule has 0 amide bonds. The van der Waals surface area contributed by atoms with Gasteiger partial charge in [-0.15, -0.1) is 0 Å². The van der Waals surface area contributed by atoms with E-state index in [1.54, 1.807) is 6.92 Å². The van der Waals surface area contributed by atoms with Gasteiger partial charge in [0.25, 0.3) is 0 Å². The number of ether oxygens (including phenoxy) is 1. The smallest absolute Gasteiger partial charge is 0.337 e. The van der Waals surface area contributed by atoms with E-state index >= 15 is 0 Å². The molecule has 0 fully saturated rings. The second kappa shape index (κ2) is 5.39. The quantitative estimate of drug-likeness (QED) is 0.706. The van der Waals surface area contributed by atoms with Crippen molar-refractivity contribution in [2.75, 3.05) is 7.11 Å². The van der Waals surface area contributed by atoms with E-state index in [1.807, 2.05) is 6.07 Å². The summed E-state index contributed by atoms with van der Waals surface area (Å²) in [6, 6.07) is 3.37. The lowest BCUT2D eigenvalue weighted by molar-refractivity contribution is -0.156. The van der Waals surface area contributed by atoms with E-state index in [0.717, 1.165) is 7.11 Å². The Bertz CT molecular complexity index is 467. The highest BCUT2D eigenvalue weighted by Gasteiger charge is 2.26. The Morgan fingerprint density at radius 1 is 1.59 bits per heavy atom. The molecule has 6 heteroatoms. The largest absolute Gasteiger partial charge is 0.467 e. The molecule has 0 radical (unpaired) electrons. The number of hydrogen-bond acceptors (Lipinski definition) is 6. The number of esters is 1. The van der Waals surface area contributed by atoms with Gasteiger partial charge < -0.3 is 14.9 Å². The van der Waals surface area contributed by atoms with Crippen molar-refractivity contribution in [3.05, 3.63) is 29.1 Å². The summed E-state index contributed by atoms with van der Waals surface area (Å²) in [5.41, 5.74) is 1.04. The van der Waals surface area contributed by atoms with Crippen LogP contribution in [0.3, 0.4) is 0 Å². The summed E-state index contributed by atoms with van der Waals surface area (Å²) < 4.78 is 4.31. The minimum absolute atomic E-state index is 0.230. The molecule has 0 aromatic carbocycles. The number of nitrogens with zero attached hydrogens (tertiary/aromatic N) is 2. The molecule has 0 saturated heterocycles.